The van der Waals surface area contributed by atoms with E-state index in [-0.39, 0.29) is 24.5 Å². The molecule has 3 amide bonds. The predicted octanol–water partition coefficient (Wildman–Crippen LogP) is 0.727. The maximum absolute atomic E-state index is 11.2. The molecule has 0 atom stereocenters. The van der Waals surface area contributed by atoms with Crippen LogP contribution in [0, 0.1) is 0 Å². The Balaban J connectivity index is 2.70. The summed E-state index contributed by atoms with van der Waals surface area (Å²) in [6.07, 6.45) is 1.66. The van der Waals surface area contributed by atoms with E-state index < -0.39 is 0 Å². The molecule has 0 aromatic heterocycles. The zero-order valence-electron chi connectivity index (χ0n) is 7.46. The zero-order chi connectivity index (χ0) is 9.14. The molecule has 0 bridgehead atoms. The molecule has 1 aliphatic heterocycles. The van der Waals surface area contributed by atoms with Crippen molar-refractivity contribution in [2.24, 2.45) is 0 Å². The van der Waals surface area contributed by atoms with Crippen LogP contribution in [0.4, 0.5) is 4.79 Å². The van der Waals surface area contributed by atoms with Gasteiger partial charge in [0.1, 0.15) is 0 Å². The number of carbonyl (C=O) groups excluding carboxylic acids is 2. The van der Waals surface area contributed by atoms with Gasteiger partial charge in [0, 0.05) is 6.04 Å². The monoisotopic (exact) mass is 170 g/mol. The second-order valence-corrected chi connectivity index (χ2v) is 2.89. The van der Waals surface area contributed by atoms with Crippen molar-refractivity contribution in [2.75, 3.05) is 6.54 Å². The molecule has 0 aromatic rings. The molecule has 1 fully saturated rings. The smallest absolute Gasteiger partial charge is 0.324 e. The number of imide groups is 1. The fourth-order valence-corrected chi connectivity index (χ4v) is 1.46. The molecule has 68 valence electrons. The first-order valence-corrected chi connectivity index (χ1v) is 4.30. The summed E-state index contributed by atoms with van der Waals surface area (Å²) >= 11 is 0. The summed E-state index contributed by atoms with van der Waals surface area (Å²) in [6.45, 7) is 4.12. The van der Waals surface area contributed by atoms with E-state index in [1.165, 1.54) is 4.90 Å². The Labute approximate surface area is 71.9 Å². The van der Waals surface area contributed by atoms with E-state index in [0.717, 1.165) is 12.8 Å². The lowest BCUT2D eigenvalue weighted by Gasteiger charge is -2.22. The largest absolute Gasteiger partial charge is 0.329 e. The highest BCUT2D eigenvalue weighted by atomic mass is 16.2. The van der Waals surface area contributed by atoms with Crippen LogP contribution in [-0.4, -0.2) is 29.4 Å². The Kier molecular flexibility index (Phi) is 2.68. The molecule has 0 aliphatic carbocycles. The van der Waals surface area contributed by atoms with Gasteiger partial charge in [0.15, 0.2) is 0 Å². The first-order valence-electron chi connectivity index (χ1n) is 4.30. The molecule has 0 unspecified atom stereocenters. The number of nitrogens with one attached hydrogen (secondary N) is 1. The Morgan fingerprint density at radius 2 is 2.00 bits per heavy atom. The standard InChI is InChI=1S/C8H14N2O2/c1-3-6(4-2)10-7(11)5-9-8(10)12/h6H,3-5H2,1-2H3,(H,9,12). The molecule has 0 aromatic carbocycles. The number of urea groups is 1. The molecule has 4 heteroatoms. The topological polar surface area (TPSA) is 49.4 Å². The Hall–Kier alpha value is -1.06. The highest BCUT2D eigenvalue weighted by Gasteiger charge is 2.32. The lowest BCUT2D eigenvalue weighted by Crippen LogP contribution is -2.39. The summed E-state index contributed by atoms with van der Waals surface area (Å²) in [5, 5.41) is 2.51. The molecule has 4 nitrogen and oxygen atoms in total. The minimum absolute atomic E-state index is 0.0694. The van der Waals surface area contributed by atoms with Crippen LogP contribution in [0.5, 0.6) is 0 Å². The van der Waals surface area contributed by atoms with Crippen LogP contribution >= 0.6 is 0 Å². The summed E-state index contributed by atoms with van der Waals surface area (Å²) in [7, 11) is 0. The van der Waals surface area contributed by atoms with Crippen LogP contribution in [0.25, 0.3) is 0 Å². The van der Waals surface area contributed by atoms with Gasteiger partial charge in [0.25, 0.3) is 0 Å². The summed E-state index contributed by atoms with van der Waals surface area (Å²) < 4.78 is 0. The maximum atomic E-state index is 11.2. The molecule has 0 radical (unpaired) electrons. The van der Waals surface area contributed by atoms with Crippen LogP contribution in [0.2, 0.25) is 0 Å². The molecule has 1 aliphatic rings. The van der Waals surface area contributed by atoms with Crippen LogP contribution in [0.15, 0.2) is 0 Å². The molecule has 1 N–H and O–H groups in total. The molecular formula is C8H14N2O2. The van der Waals surface area contributed by atoms with Gasteiger partial charge < -0.3 is 5.32 Å². The second kappa shape index (κ2) is 3.56. The summed E-state index contributed by atoms with van der Waals surface area (Å²) in [5.74, 6) is -0.103. The van der Waals surface area contributed by atoms with Crippen molar-refractivity contribution >= 4 is 11.9 Å². The molecule has 12 heavy (non-hydrogen) atoms. The predicted molar refractivity (Wildman–Crippen MR) is 44.6 cm³/mol. The average Bonchev–Trinajstić information content (AvgIpc) is 2.38. The molecule has 1 heterocycles. The van der Waals surface area contributed by atoms with E-state index in [9.17, 15) is 9.59 Å². The number of carbonyl (C=O) groups is 2. The summed E-state index contributed by atoms with van der Waals surface area (Å²) in [5.41, 5.74) is 0. The summed E-state index contributed by atoms with van der Waals surface area (Å²) in [4.78, 5) is 23.7. The van der Waals surface area contributed by atoms with Gasteiger partial charge in [-0.15, -0.1) is 0 Å². The van der Waals surface area contributed by atoms with Crippen molar-refractivity contribution in [3.05, 3.63) is 0 Å². The van der Waals surface area contributed by atoms with Gasteiger partial charge >= 0.3 is 6.03 Å². The Bertz CT molecular complexity index is 183. The number of nitrogens with zero attached hydrogens (tertiary/aromatic N) is 1. The van der Waals surface area contributed by atoms with Gasteiger partial charge in [-0.1, -0.05) is 13.8 Å². The minimum Gasteiger partial charge on any atom is -0.329 e. The van der Waals surface area contributed by atoms with E-state index in [1.54, 1.807) is 0 Å². The first-order chi connectivity index (χ1) is 5.70. The van der Waals surface area contributed by atoms with E-state index in [0.29, 0.717) is 0 Å². The average molecular weight is 170 g/mol. The first kappa shape index (κ1) is 9.03. The van der Waals surface area contributed by atoms with Gasteiger partial charge in [-0.3, -0.25) is 9.69 Å². The van der Waals surface area contributed by atoms with Crippen molar-refractivity contribution in [1.29, 1.82) is 0 Å². The van der Waals surface area contributed by atoms with E-state index in [4.69, 9.17) is 0 Å². The Morgan fingerprint density at radius 1 is 1.42 bits per heavy atom. The van der Waals surface area contributed by atoms with Crippen molar-refractivity contribution in [1.82, 2.24) is 10.2 Å². The minimum atomic E-state index is -0.242. The van der Waals surface area contributed by atoms with Gasteiger partial charge in [-0.2, -0.15) is 0 Å². The van der Waals surface area contributed by atoms with E-state index >= 15 is 0 Å². The number of hydrogen-bond donors (Lipinski definition) is 1. The SMILES string of the molecule is CCC(CC)N1C(=O)CNC1=O. The van der Waals surface area contributed by atoms with Crippen molar-refractivity contribution in [3.8, 4) is 0 Å². The normalized spacial score (nSPS) is 17.4. The van der Waals surface area contributed by atoms with Crippen molar-refractivity contribution < 1.29 is 9.59 Å². The number of amides is 3. The molecule has 0 saturated carbocycles. The highest BCUT2D eigenvalue weighted by molar-refractivity contribution is 6.02. The van der Waals surface area contributed by atoms with Gasteiger partial charge in [-0.05, 0) is 12.8 Å². The van der Waals surface area contributed by atoms with Crippen LogP contribution in [0.1, 0.15) is 26.7 Å². The van der Waals surface area contributed by atoms with Gasteiger partial charge in [0.05, 0.1) is 6.54 Å². The summed E-state index contributed by atoms with van der Waals surface area (Å²) in [6, 6.07) is -0.172. The molecule has 1 saturated heterocycles. The van der Waals surface area contributed by atoms with Gasteiger partial charge in [0.2, 0.25) is 5.91 Å². The van der Waals surface area contributed by atoms with Crippen LogP contribution < -0.4 is 5.32 Å². The third kappa shape index (κ3) is 1.42. The fraction of sp³-hybridized carbons (Fsp3) is 0.750. The third-order valence-electron chi connectivity index (χ3n) is 2.19. The van der Waals surface area contributed by atoms with Crippen molar-refractivity contribution in [2.45, 2.75) is 32.7 Å². The third-order valence-corrected chi connectivity index (χ3v) is 2.19. The lowest BCUT2D eigenvalue weighted by atomic mass is 10.1. The Morgan fingerprint density at radius 3 is 2.33 bits per heavy atom. The second-order valence-electron chi connectivity index (χ2n) is 2.89. The highest BCUT2D eigenvalue weighted by Crippen LogP contribution is 2.11. The van der Waals surface area contributed by atoms with Crippen molar-refractivity contribution in [3.63, 3.8) is 0 Å². The number of rotatable bonds is 3. The van der Waals surface area contributed by atoms with Crippen LogP contribution in [-0.2, 0) is 4.79 Å². The number of hydrogen-bond acceptors (Lipinski definition) is 2. The van der Waals surface area contributed by atoms with E-state index in [2.05, 4.69) is 5.32 Å². The maximum Gasteiger partial charge on any atom is 0.324 e. The quantitative estimate of drug-likeness (QED) is 0.635. The lowest BCUT2D eigenvalue weighted by molar-refractivity contribution is -0.126. The molecular weight excluding hydrogens is 156 g/mol. The van der Waals surface area contributed by atoms with E-state index in [1.807, 2.05) is 13.8 Å². The van der Waals surface area contributed by atoms with Crippen LogP contribution in [0.3, 0.4) is 0 Å². The molecule has 0 spiro atoms. The fourth-order valence-electron chi connectivity index (χ4n) is 1.46. The zero-order valence-corrected chi connectivity index (χ0v) is 7.46. The molecule has 1 rings (SSSR count). The van der Waals surface area contributed by atoms with Gasteiger partial charge in [-0.25, -0.2) is 4.79 Å².